The largest absolute Gasteiger partial charge is 0.481 e. The van der Waals surface area contributed by atoms with Gasteiger partial charge in [0.25, 0.3) is 0 Å². The molecule has 4 atom stereocenters. The first-order valence-electron chi connectivity index (χ1n) is 8.41. The first-order chi connectivity index (χ1) is 13.5. The monoisotopic (exact) mass is 429 g/mol. The number of amides is 3. The third kappa shape index (κ3) is 4.92. The molecule has 166 valence electrons. The molecule has 13 heteroatoms. The van der Waals surface area contributed by atoms with E-state index < -0.39 is 76.8 Å². The summed E-state index contributed by atoms with van der Waals surface area (Å²) in [6, 6.07) is -2.31. The fourth-order valence-electron chi connectivity index (χ4n) is 3.34. The number of carbonyl (C=O) groups excluding carboxylic acids is 6. The highest BCUT2D eigenvalue weighted by Crippen LogP contribution is 2.35. The Morgan fingerprint density at radius 3 is 1.57 bits per heavy atom. The Bertz CT molecular complexity index is 807. The molecule has 0 bridgehead atoms. The summed E-state index contributed by atoms with van der Waals surface area (Å²) < 4.78 is 0. The molecule has 0 aromatic carbocycles. The molecule has 0 radical (unpaired) electrons. The van der Waals surface area contributed by atoms with Crippen molar-refractivity contribution >= 4 is 47.0 Å². The van der Waals surface area contributed by atoms with Crippen molar-refractivity contribution in [1.82, 2.24) is 4.90 Å². The van der Waals surface area contributed by atoms with E-state index >= 15 is 0 Å². The van der Waals surface area contributed by atoms with Gasteiger partial charge in [0.2, 0.25) is 17.7 Å². The average Bonchev–Trinajstić information content (AvgIpc) is 2.55. The van der Waals surface area contributed by atoms with Gasteiger partial charge >= 0.3 is 11.9 Å². The van der Waals surface area contributed by atoms with Gasteiger partial charge in [-0.15, -0.1) is 0 Å². The molecule has 6 N–H and O–H groups in total. The zero-order valence-corrected chi connectivity index (χ0v) is 16.7. The van der Waals surface area contributed by atoms with Gasteiger partial charge in [0.15, 0.2) is 17.1 Å². The van der Waals surface area contributed by atoms with Gasteiger partial charge in [-0.3, -0.25) is 43.3 Å². The van der Waals surface area contributed by atoms with Gasteiger partial charge in [-0.05, 0) is 13.8 Å². The molecule has 0 rings (SSSR count). The standard InChI is InChI=1S/C17H23N3O10/c1-6(21)10(5-11(25)26)17(7(2)22,20(8(3)23)9(4)24)14(27)12(15(19)28)13(18)16(29)30/h10,12-13H,5,18H2,1-4H3,(H2,19,28)(H,25,26)(H,29,30)/t10?,12?,13-,17-/m0/s1. The molecule has 0 aliphatic rings. The van der Waals surface area contributed by atoms with Crippen LogP contribution in [-0.2, 0) is 38.4 Å². The molecule has 0 saturated carbocycles. The molecule has 0 spiro atoms. The maximum Gasteiger partial charge on any atom is 0.321 e. The van der Waals surface area contributed by atoms with E-state index in [4.69, 9.17) is 16.6 Å². The molecule has 0 aliphatic carbocycles. The normalized spacial score (nSPS) is 15.6. The predicted octanol–water partition coefficient (Wildman–Crippen LogP) is -2.53. The zero-order valence-electron chi connectivity index (χ0n) is 16.7. The molecular formula is C17H23N3O10. The van der Waals surface area contributed by atoms with Gasteiger partial charge in [0.05, 0.1) is 12.3 Å². The summed E-state index contributed by atoms with van der Waals surface area (Å²) in [4.78, 5) is 97.5. The summed E-state index contributed by atoms with van der Waals surface area (Å²) in [7, 11) is 0. The first kappa shape index (κ1) is 26.5. The maximum absolute atomic E-state index is 13.4. The van der Waals surface area contributed by atoms with Crippen LogP contribution in [0.5, 0.6) is 0 Å². The second kappa shape index (κ2) is 9.82. The molecule has 3 amide bonds. The van der Waals surface area contributed by atoms with Crippen molar-refractivity contribution in [2.24, 2.45) is 23.3 Å². The predicted molar refractivity (Wildman–Crippen MR) is 96.3 cm³/mol. The third-order valence-electron chi connectivity index (χ3n) is 4.50. The number of hydrogen-bond donors (Lipinski definition) is 4. The van der Waals surface area contributed by atoms with Crippen LogP contribution in [0.2, 0.25) is 0 Å². The number of carboxylic acids is 2. The third-order valence-corrected chi connectivity index (χ3v) is 4.50. The number of Topliss-reactive ketones (excluding diaryl/α,β-unsaturated/α-hetero) is 3. The summed E-state index contributed by atoms with van der Waals surface area (Å²) in [5.74, 6) is -16.5. The van der Waals surface area contributed by atoms with Crippen molar-refractivity contribution in [2.45, 2.75) is 45.7 Å². The smallest absolute Gasteiger partial charge is 0.321 e. The highest BCUT2D eigenvalue weighted by molar-refractivity contribution is 6.24. The molecule has 0 aromatic rings. The summed E-state index contributed by atoms with van der Waals surface area (Å²) in [6.45, 7) is 2.98. The second-order valence-corrected chi connectivity index (χ2v) is 6.57. The van der Waals surface area contributed by atoms with E-state index in [0.717, 1.165) is 20.8 Å². The van der Waals surface area contributed by atoms with Crippen LogP contribution in [0.4, 0.5) is 0 Å². The van der Waals surface area contributed by atoms with Gasteiger partial charge in [-0.1, -0.05) is 0 Å². The molecule has 30 heavy (non-hydrogen) atoms. The van der Waals surface area contributed by atoms with Crippen LogP contribution in [0.15, 0.2) is 0 Å². The fraction of sp³-hybridized carbons (Fsp3) is 0.529. The SMILES string of the molecule is CC(=O)C(CC(=O)O)[C@@](C(C)=O)(C(=O)C(C(N)=O)[C@H](N)C(=O)O)N(C(C)=O)C(C)=O. The minimum Gasteiger partial charge on any atom is -0.481 e. The average molecular weight is 429 g/mol. The van der Waals surface area contributed by atoms with Crippen LogP contribution < -0.4 is 11.5 Å². The Morgan fingerprint density at radius 2 is 1.33 bits per heavy atom. The number of nitrogens with zero attached hydrogens (tertiary/aromatic N) is 1. The van der Waals surface area contributed by atoms with Crippen molar-refractivity contribution in [3.8, 4) is 0 Å². The van der Waals surface area contributed by atoms with Crippen LogP contribution in [0.1, 0.15) is 34.1 Å². The van der Waals surface area contributed by atoms with Crippen LogP contribution in [0.3, 0.4) is 0 Å². The van der Waals surface area contributed by atoms with Gasteiger partial charge in [0, 0.05) is 13.8 Å². The number of carboxylic acid groups (broad SMARTS) is 2. The van der Waals surface area contributed by atoms with Crippen molar-refractivity contribution in [3.05, 3.63) is 0 Å². The first-order valence-corrected chi connectivity index (χ1v) is 8.41. The van der Waals surface area contributed by atoms with Gasteiger partial charge < -0.3 is 21.7 Å². The molecule has 0 heterocycles. The lowest BCUT2D eigenvalue weighted by atomic mass is 9.67. The van der Waals surface area contributed by atoms with E-state index in [9.17, 15) is 43.5 Å². The second-order valence-electron chi connectivity index (χ2n) is 6.57. The summed E-state index contributed by atoms with van der Waals surface area (Å²) in [6.07, 6.45) is -1.20. The Labute approximate surface area is 170 Å². The number of aliphatic carboxylic acids is 2. The van der Waals surface area contributed by atoms with E-state index in [0.29, 0.717) is 6.92 Å². The highest BCUT2D eigenvalue weighted by atomic mass is 16.4. The zero-order chi connectivity index (χ0) is 24.1. The Morgan fingerprint density at radius 1 is 0.900 bits per heavy atom. The number of primary amides is 1. The summed E-state index contributed by atoms with van der Waals surface area (Å²) in [5.41, 5.74) is 7.31. The molecule has 2 unspecified atom stereocenters. The topological polar surface area (TPSA) is 232 Å². The Hall–Kier alpha value is -3.48. The fourth-order valence-corrected chi connectivity index (χ4v) is 3.34. The molecule has 0 aliphatic heterocycles. The highest BCUT2D eigenvalue weighted by Gasteiger charge is 2.62. The van der Waals surface area contributed by atoms with Gasteiger partial charge in [0.1, 0.15) is 17.7 Å². The quantitative estimate of drug-likeness (QED) is 0.250. The Balaban J connectivity index is 7.48. The summed E-state index contributed by atoms with van der Waals surface area (Å²) >= 11 is 0. The maximum atomic E-state index is 13.4. The van der Waals surface area contributed by atoms with Crippen molar-refractivity contribution in [3.63, 3.8) is 0 Å². The van der Waals surface area contributed by atoms with Gasteiger partial charge in [-0.25, -0.2) is 0 Å². The van der Waals surface area contributed by atoms with Crippen LogP contribution >= 0.6 is 0 Å². The molecule has 0 aromatic heterocycles. The van der Waals surface area contributed by atoms with E-state index in [-0.39, 0.29) is 4.90 Å². The van der Waals surface area contributed by atoms with E-state index in [2.05, 4.69) is 0 Å². The van der Waals surface area contributed by atoms with E-state index in [1.165, 1.54) is 0 Å². The van der Waals surface area contributed by atoms with Crippen molar-refractivity contribution in [2.75, 3.05) is 0 Å². The molecule has 0 saturated heterocycles. The minimum absolute atomic E-state index is 0.0389. The number of nitrogens with two attached hydrogens (primary N) is 2. The van der Waals surface area contributed by atoms with Crippen LogP contribution in [-0.4, -0.2) is 73.7 Å². The number of hydrogen-bond acceptors (Lipinski definition) is 9. The Kier molecular flexibility index (Phi) is 8.68. The number of carbonyl (C=O) groups is 8. The summed E-state index contributed by atoms with van der Waals surface area (Å²) in [5, 5.41) is 18.3. The lowest BCUT2D eigenvalue weighted by Crippen LogP contribution is -2.71. The van der Waals surface area contributed by atoms with E-state index in [1.54, 1.807) is 0 Å². The number of ketones is 3. The lowest BCUT2D eigenvalue weighted by Gasteiger charge is -2.44. The number of imide groups is 1. The van der Waals surface area contributed by atoms with Crippen LogP contribution in [0, 0.1) is 11.8 Å². The van der Waals surface area contributed by atoms with Crippen molar-refractivity contribution in [1.29, 1.82) is 0 Å². The van der Waals surface area contributed by atoms with Crippen LogP contribution in [0.25, 0.3) is 0 Å². The van der Waals surface area contributed by atoms with Gasteiger partial charge in [-0.2, -0.15) is 0 Å². The van der Waals surface area contributed by atoms with Crippen molar-refractivity contribution < 1.29 is 48.6 Å². The lowest BCUT2D eigenvalue weighted by molar-refractivity contribution is -0.170. The molecule has 0 fully saturated rings. The van der Waals surface area contributed by atoms with E-state index in [1.807, 2.05) is 0 Å². The molecule has 13 nitrogen and oxygen atoms in total. The number of rotatable bonds is 11. The molecular weight excluding hydrogens is 406 g/mol. The minimum atomic E-state index is -3.16.